The van der Waals surface area contributed by atoms with Crippen LogP contribution in [0.15, 0.2) is 0 Å². The molecule has 0 aromatic rings. The Morgan fingerprint density at radius 3 is 1.59 bits per heavy atom. The minimum atomic E-state index is -6.79. The van der Waals surface area contributed by atoms with E-state index >= 15 is 0 Å². The number of ether oxygens (including phenoxy) is 2. The summed E-state index contributed by atoms with van der Waals surface area (Å²) in [4.78, 5) is 0. The molecule has 0 N–H and O–H groups in total. The zero-order valence-electron chi connectivity index (χ0n) is 18.1. The molecule has 1 rings (SSSR count). The van der Waals surface area contributed by atoms with E-state index in [2.05, 4.69) is 0 Å². The molecule has 0 aliphatic carbocycles. The molecule has 11 heteroatoms. The van der Waals surface area contributed by atoms with Gasteiger partial charge in [-0.2, -0.15) is 39.5 Å². The number of rotatable bonds is 16. The summed E-state index contributed by atoms with van der Waals surface area (Å²) in [5, 5.41) is 0. The number of unbranched alkanes of at least 4 members (excludes halogenated alkanes) is 9. The summed E-state index contributed by atoms with van der Waals surface area (Å²) in [6, 6.07) is 0. The average Bonchev–Trinajstić information content (AvgIpc) is 2.71. The van der Waals surface area contributed by atoms with Gasteiger partial charge in [0.05, 0.1) is 0 Å². The maximum absolute atomic E-state index is 13.4. The van der Waals surface area contributed by atoms with Crippen molar-refractivity contribution in [2.45, 2.75) is 120 Å². The van der Waals surface area contributed by atoms with Gasteiger partial charge < -0.3 is 9.47 Å². The van der Waals surface area contributed by atoms with E-state index in [-0.39, 0.29) is 12.7 Å². The first-order valence-corrected chi connectivity index (χ1v) is 11.3. The van der Waals surface area contributed by atoms with Crippen molar-refractivity contribution in [3.05, 3.63) is 0 Å². The quantitative estimate of drug-likeness (QED) is 0.161. The Morgan fingerprint density at radius 2 is 1.12 bits per heavy atom. The van der Waals surface area contributed by atoms with Crippen molar-refractivity contribution in [2.24, 2.45) is 0 Å². The highest BCUT2D eigenvalue weighted by Gasteiger charge is 2.81. The molecule has 1 heterocycles. The van der Waals surface area contributed by atoms with Crippen molar-refractivity contribution in [1.82, 2.24) is 0 Å². The molecule has 0 bridgehead atoms. The molecule has 192 valence electrons. The molecule has 1 atom stereocenters. The molecule has 32 heavy (non-hydrogen) atoms. The van der Waals surface area contributed by atoms with Crippen molar-refractivity contribution in [3.63, 3.8) is 0 Å². The zero-order chi connectivity index (χ0) is 24.3. The average molecular weight is 488 g/mol. The molecular weight excluding hydrogens is 455 g/mol. The molecule has 1 aliphatic rings. The Labute approximate surface area is 183 Å². The van der Waals surface area contributed by atoms with E-state index in [1.165, 1.54) is 0 Å². The van der Waals surface area contributed by atoms with Crippen LogP contribution in [0.1, 0.15) is 89.9 Å². The lowest BCUT2D eigenvalue weighted by Gasteiger charge is -2.33. The first-order chi connectivity index (χ1) is 14.8. The van der Waals surface area contributed by atoms with Gasteiger partial charge in [0.2, 0.25) is 0 Å². The molecule has 1 fully saturated rings. The lowest BCUT2D eigenvalue weighted by Crippen LogP contribution is -2.60. The standard InChI is InChI=1S/C21H33F9O2/c22-18(23,19(24,25)20(26,27)21(28,29)30)14-10-7-5-3-1-2-4-6-8-11-15-31-17-13-9-12-16-32-17/h17H,1-16H2. The third kappa shape index (κ3) is 8.91. The van der Waals surface area contributed by atoms with Crippen LogP contribution in [0.2, 0.25) is 0 Å². The number of hydrogen-bond donors (Lipinski definition) is 0. The van der Waals surface area contributed by atoms with Gasteiger partial charge in [-0.3, -0.25) is 0 Å². The third-order valence-corrected chi connectivity index (χ3v) is 5.54. The minimum Gasteiger partial charge on any atom is -0.353 e. The van der Waals surface area contributed by atoms with Crippen LogP contribution in [0.3, 0.4) is 0 Å². The zero-order valence-corrected chi connectivity index (χ0v) is 18.1. The van der Waals surface area contributed by atoms with Crippen molar-refractivity contribution in [1.29, 1.82) is 0 Å². The molecule has 0 aromatic heterocycles. The number of hydrogen-bond acceptors (Lipinski definition) is 2. The molecule has 1 saturated heterocycles. The summed E-state index contributed by atoms with van der Waals surface area (Å²) in [5.41, 5.74) is 0. The van der Waals surface area contributed by atoms with Gasteiger partial charge in [0.25, 0.3) is 0 Å². The van der Waals surface area contributed by atoms with Crippen LogP contribution in [0.4, 0.5) is 39.5 Å². The predicted molar refractivity (Wildman–Crippen MR) is 101 cm³/mol. The second-order valence-electron chi connectivity index (χ2n) is 8.30. The summed E-state index contributed by atoms with van der Waals surface area (Å²) >= 11 is 0. The van der Waals surface area contributed by atoms with E-state index in [4.69, 9.17) is 9.47 Å². The van der Waals surface area contributed by atoms with Crippen LogP contribution in [0.5, 0.6) is 0 Å². The van der Waals surface area contributed by atoms with Crippen LogP contribution in [-0.4, -0.2) is 43.4 Å². The number of halogens is 9. The number of alkyl halides is 9. The fourth-order valence-electron chi connectivity index (χ4n) is 3.49. The highest BCUT2D eigenvalue weighted by molar-refractivity contribution is 5.00. The SMILES string of the molecule is FC(F)(F)C(F)(F)C(F)(F)C(F)(F)CCCCCCCCCCCCOC1CCCCO1. The topological polar surface area (TPSA) is 18.5 Å². The second kappa shape index (κ2) is 13.2. The van der Waals surface area contributed by atoms with E-state index in [9.17, 15) is 39.5 Å². The predicted octanol–water partition coefficient (Wildman–Crippen LogP) is 8.29. The molecule has 0 amide bonds. The van der Waals surface area contributed by atoms with Crippen molar-refractivity contribution >= 4 is 0 Å². The molecule has 0 radical (unpaired) electrons. The van der Waals surface area contributed by atoms with E-state index in [0.717, 1.165) is 64.4 Å². The summed E-state index contributed by atoms with van der Waals surface area (Å²) < 4.78 is 126. The van der Waals surface area contributed by atoms with Gasteiger partial charge in [0.15, 0.2) is 6.29 Å². The van der Waals surface area contributed by atoms with E-state index in [1.807, 2.05) is 0 Å². The van der Waals surface area contributed by atoms with Crippen LogP contribution in [0, 0.1) is 0 Å². The van der Waals surface area contributed by atoms with Crippen LogP contribution in [-0.2, 0) is 9.47 Å². The van der Waals surface area contributed by atoms with E-state index < -0.39 is 36.8 Å². The van der Waals surface area contributed by atoms with Gasteiger partial charge in [-0.25, -0.2) is 0 Å². The molecule has 2 nitrogen and oxygen atoms in total. The maximum atomic E-state index is 13.4. The summed E-state index contributed by atoms with van der Waals surface area (Å²) in [5.74, 6) is -18.7. The Balaban J connectivity index is 2.03. The third-order valence-electron chi connectivity index (χ3n) is 5.54. The molecular formula is C21H33F9O2. The Hall–Kier alpha value is -0.710. The van der Waals surface area contributed by atoms with Gasteiger partial charge in [-0.05, 0) is 32.1 Å². The van der Waals surface area contributed by atoms with Gasteiger partial charge in [-0.15, -0.1) is 0 Å². The Morgan fingerprint density at radius 1 is 0.625 bits per heavy atom. The monoisotopic (exact) mass is 488 g/mol. The first kappa shape index (κ1) is 29.3. The first-order valence-electron chi connectivity index (χ1n) is 11.3. The van der Waals surface area contributed by atoms with Crippen molar-refractivity contribution in [2.75, 3.05) is 13.2 Å². The van der Waals surface area contributed by atoms with Gasteiger partial charge in [0, 0.05) is 19.6 Å². The highest BCUT2D eigenvalue weighted by Crippen LogP contribution is 2.54. The van der Waals surface area contributed by atoms with Crippen LogP contribution >= 0.6 is 0 Å². The van der Waals surface area contributed by atoms with Gasteiger partial charge >= 0.3 is 23.9 Å². The van der Waals surface area contributed by atoms with E-state index in [1.54, 1.807) is 0 Å². The molecule has 0 aromatic carbocycles. The fraction of sp³-hybridized carbons (Fsp3) is 1.00. The Kier molecular flexibility index (Phi) is 12.1. The summed E-state index contributed by atoms with van der Waals surface area (Å²) in [6.07, 6.45) is 0.818. The van der Waals surface area contributed by atoms with Gasteiger partial charge in [-0.1, -0.05) is 51.4 Å². The maximum Gasteiger partial charge on any atom is 0.460 e. The lowest BCUT2D eigenvalue weighted by atomic mass is 9.97. The van der Waals surface area contributed by atoms with Crippen molar-refractivity contribution < 1.29 is 49.0 Å². The molecule has 0 spiro atoms. The van der Waals surface area contributed by atoms with Crippen molar-refractivity contribution in [3.8, 4) is 0 Å². The minimum absolute atomic E-state index is 0.0594. The Bertz CT molecular complexity index is 504. The second-order valence-corrected chi connectivity index (χ2v) is 8.30. The summed E-state index contributed by atoms with van der Waals surface area (Å²) in [7, 11) is 0. The van der Waals surface area contributed by atoms with Gasteiger partial charge in [0.1, 0.15) is 0 Å². The molecule has 0 saturated carbocycles. The summed E-state index contributed by atoms with van der Waals surface area (Å²) in [6.45, 7) is 1.40. The van der Waals surface area contributed by atoms with Crippen LogP contribution in [0.25, 0.3) is 0 Å². The highest BCUT2D eigenvalue weighted by atomic mass is 19.4. The fourth-order valence-corrected chi connectivity index (χ4v) is 3.49. The lowest BCUT2D eigenvalue weighted by molar-refractivity contribution is -0.396. The smallest absolute Gasteiger partial charge is 0.353 e. The van der Waals surface area contributed by atoms with E-state index in [0.29, 0.717) is 19.4 Å². The molecule has 1 aliphatic heterocycles. The van der Waals surface area contributed by atoms with Crippen LogP contribution < -0.4 is 0 Å². The largest absolute Gasteiger partial charge is 0.460 e. The molecule has 1 unspecified atom stereocenters. The normalized spacial score (nSPS) is 18.8.